The number of hydrogen-bond donors (Lipinski definition) is 25. The summed E-state index contributed by atoms with van der Waals surface area (Å²) < 4.78 is 74.9. The van der Waals surface area contributed by atoms with E-state index >= 15 is 0 Å². The van der Waals surface area contributed by atoms with Gasteiger partial charge in [-0.05, 0) is 0 Å². The van der Waals surface area contributed by atoms with Crippen molar-refractivity contribution in [3.8, 4) is 0 Å². The Morgan fingerprint density at radius 1 is 0.427 bits per heavy atom. The van der Waals surface area contributed by atoms with Crippen LogP contribution in [0.5, 0.6) is 0 Å². The number of carbonyl (C=O) groups excluding carboxylic acids is 4. The Labute approximate surface area is 543 Å². The van der Waals surface area contributed by atoms with Gasteiger partial charge in [0, 0.05) is 34.1 Å². The Bertz CT molecular complexity index is 2540. The number of carboxylic acid groups (broad SMARTS) is 1. The molecule has 7 aliphatic heterocycles. The van der Waals surface area contributed by atoms with Crippen LogP contribution in [0.3, 0.4) is 0 Å². The third-order valence-electron chi connectivity index (χ3n) is 17.1. The first-order valence-corrected chi connectivity index (χ1v) is 30.2. The number of carboxylic acids is 1. The average Bonchev–Trinajstić information content (AvgIpc) is 0.763. The van der Waals surface area contributed by atoms with Gasteiger partial charge in [0.05, 0.1) is 58.4 Å². The Balaban J connectivity index is 1.08. The van der Waals surface area contributed by atoms with Crippen LogP contribution >= 0.6 is 0 Å². The van der Waals surface area contributed by atoms with E-state index in [1.807, 2.05) is 0 Å². The maximum absolute atomic E-state index is 13.1. The number of ether oxygens (including phenoxy) is 13. The second kappa shape index (κ2) is 34.1. The first kappa shape index (κ1) is 79.4. The highest BCUT2D eigenvalue weighted by atomic mass is 16.8. The molecule has 0 spiro atoms. The molecule has 7 rings (SSSR count). The van der Waals surface area contributed by atoms with E-state index in [0.717, 1.165) is 27.7 Å². The van der Waals surface area contributed by atoms with Gasteiger partial charge in [-0.25, -0.2) is 4.79 Å². The van der Waals surface area contributed by atoms with E-state index in [4.69, 9.17) is 61.6 Å². The van der Waals surface area contributed by atoms with Crippen LogP contribution < -0.4 is 21.3 Å². The summed E-state index contributed by atoms with van der Waals surface area (Å²) in [6.45, 7) is -3.49. The smallest absolute Gasteiger partial charge is 0.364 e. The summed E-state index contributed by atoms with van der Waals surface area (Å²) in [5.41, 5.74) is 0. The van der Waals surface area contributed by atoms with Crippen LogP contribution in [0.1, 0.15) is 34.1 Å². The summed E-state index contributed by atoms with van der Waals surface area (Å²) in [5, 5.41) is 238. The molecule has 4 amide bonds. The SMILES string of the molecule is CC(=O)N[C@H]1[C@H](OC[C@H]2OC(O)[C@H](NC(C)=O)[C@@H](O[C@@H]3O[C@H](CO)[C@H](O)[C@H](O[C@]4(C(=O)O)C[C@H](O)[C@@H](NC(C)=O)[C@H]([C@H](O)[C@H](O)CO)O4)[C@H]3O)[C@H]2O)O[C@H](CO)[C@H](O[C@@H]2O[C@H](CO)[C@H](O)[C@H](O[C@@H]3O[C@H](CO)[C@@H](O[C@@H]4O[C@H](CO)[C@H](O)[C@H](O)[C@H]4O)[C@H](O)[C@H]3NC(C)=O)[C@H]2O)[C@@H]1O. The van der Waals surface area contributed by atoms with Crippen molar-refractivity contribution in [2.75, 3.05) is 46.2 Å². The van der Waals surface area contributed by atoms with Crippen molar-refractivity contribution in [2.45, 2.75) is 254 Å². The molecule has 43 heteroatoms. The number of carbonyl (C=O) groups is 5. The zero-order chi connectivity index (χ0) is 71.3. The molecule has 0 aromatic rings. The molecular weight excluding hydrogens is 1320 g/mol. The minimum Gasteiger partial charge on any atom is -0.477 e. The molecule has 0 aliphatic carbocycles. The van der Waals surface area contributed by atoms with E-state index < -0.39 is 303 Å². The Hall–Kier alpha value is -3.97. The summed E-state index contributed by atoms with van der Waals surface area (Å²) >= 11 is 0. The van der Waals surface area contributed by atoms with Gasteiger partial charge in [-0.1, -0.05) is 0 Å². The minimum absolute atomic E-state index is 0.843. The number of aliphatic hydroxyl groups excluding tert-OH is 20. The molecule has 554 valence electrons. The van der Waals surface area contributed by atoms with Crippen molar-refractivity contribution >= 4 is 29.6 Å². The van der Waals surface area contributed by atoms with Gasteiger partial charge in [-0.15, -0.1) is 0 Å². The number of rotatable bonds is 26. The van der Waals surface area contributed by atoms with Crippen molar-refractivity contribution < 1.29 is 193 Å². The van der Waals surface area contributed by atoms with Gasteiger partial charge >= 0.3 is 5.97 Å². The van der Waals surface area contributed by atoms with Crippen LogP contribution in [-0.2, 0) is 85.6 Å². The largest absolute Gasteiger partial charge is 0.477 e. The summed E-state index contributed by atoms with van der Waals surface area (Å²) in [4.78, 5) is 63.1. The number of nitrogens with one attached hydrogen (secondary N) is 4. The van der Waals surface area contributed by atoms with E-state index in [1.165, 1.54) is 0 Å². The molecule has 25 N–H and O–H groups in total. The third-order valence-corrected chi connectivity index (χ3v) is 17.1. The summed E-state index contributed by atoms with van der Waals surface area (Å²) in [6.07, 6.45) is -64.0. The zero-order valence-electron chi connectivity index (χ0n) is 51.6. The predicted molar refractivity (Wildman–Crippen MR) is 295 cm³/mol. The molecule has 0 bridgehead atoms. The van der Waals surface area contributed by atoms with Gasteiger partial charge in [0.25, 0.3) is 5.79 Å². The third kappa shape index (κ3) is 17.5. The highest BCUT2D eigenvalue weighted by Crippen LogP contribution is 2.40. The van der Waals surface area contributed by atoms with Gasteiger partial charge in [0.1, 0.15) is 165 Å². The summed E-state index contributed by atoms with van der Waals surface area (Å²) in [7, 11) is 0. The van der Waals surface area contributed by atoms with Gasteiger partial charge in [-0.2, -0.15) is 0 Å². The fourth-order valence-electron chi connectivity index (χ4n) is 12.2. The molecule has 0 saturated carbocycles. The van der Waals surface area contributed by atoms with E-state index in [9.17, 15) is 131 Å². The molecule has 0 aromatic carbocycles. The number of amides is 4. The second-order valence-electron chi connectivity index (χ2n) is 24.0. The molecule has 96 heavy (non-hydrogen) atoms. The molecule has 36 atom stereocenters. The summed E-state index contributed by atoms with van der Waals surface area (Å²) in [5.74, 6) is -8.84. The molecule has 43 nitrogen and oxygen atoms in total. The zero-order valence-corrected chi connectivity index (χ0v) is 51.6. The second-order valence-corrected chi connectivity index (χ2v) is 24.0. The van der Waals surface area contributed by atoms with Crippen LogP contribution in [0, 0.1) is 0 Å². The Kier molecular flexibility index (Phi) is 28.2. The lowest BCUT2D eigenvalue weighted by molar-refractivity contribution is -0.382. The van der Waals surface area contributed by atoms with Crippen molar-refractivity contribution in [2.24, 2.45) is 0 Å². The standard InChI is InChI=1S/C53H88N4O39/c1-13(64)54-25-17(68)5-53(52(82)83,95-43(25)29(70)18(69)6-58)96-45-32(73)21(9-61)88-51(39(45)80)93-42-28(57-16(4)67)46(81)85-24(33(42)74)12-84-47-26(55-14(2)65)34(75)40(22(10-62)89-47)92-50-38(79)44(31(72)20(8-60)87-50)94-48-27(56-15(3)66)35(76)41(23(11-63)90-48)91-49-37(78)36(77)30(71)19(7-59)86-49/h17-51,58-63,68-81H,5-12H2,1-4H3,(H,54,64)(H,55,65)(H,56,66)(H,57,67)(H,82,83)/t17-,18+,19+,20+,21+,22+,23+,24+,25+,26+,27+,28+,29+,30-,31-,32-,33-,34+,35+,36-,37+,38+,39+,40-,41+,42+,43+,44-,45-,46?,47+,48-,49-,50-,51-,53-/m0/s1. The van der Waals surface area contributed by atoms with E-state index in [0.29, 0.717) is 0 Å². The van der Waals surface area contributed by atoms with E-state index in [-0.39, 0.29) is 0 Å². The van der Waals surface area contributed by atoms with Crippen molar-refractivity contribution in [3.05, 3.63) is 0 Å². The van der Waals surface area contributed by atoms with E-state index in [1.54, 1.807) is 0 Å². The quantitative estimate of drug-likeness (QED) is 0.0382. The summed E-state index contributed by atoms with van der Waals surface area (Å²) in [6, 6.07) is -7.13. The fourth-order valence-corrected chi connectivity index (χ4v) is 12.2. The van der Waals surface area contributed by atoms with E-state index in [2.05, 4.69) is 21.3 Å². The van der Waals surface area contributed by atoms with Crippen LogP contribution in [0.2, 0.25) is 0 Å². The Morgan fingerprint density at radius 2 is 0.823 bits per heavy atom. The Morgan fingerprint density at radius 3 is 1.30 bits per heavy atom. The lowest BCUT2D eigenvalue weighted by Crippen LogP contribution is -2.71. The first-order chi connectivity index (χ1) is 45.2. The molecule has 7 heterocycles. The monoisotopic (exact) mass is 1400 g/mol. The lowest BCUT2D eigenvalue weighted by atomic mass is 9.88. The maximum atomic E-state index is 13.1. The molecule has 0 aromatic heterocycles. The number of aliphatic carboxylic acids is 1. The van der Waals surface area contributed by atoms with Gasteiger partial charge < -0.3 is 190 Å². The van der Waals surface area contributed by atoms with Crippen molar-refractivity contribution in [1.29, 1.82) is 0 Å². The predicted octanol–water partition coefficient (Wildman–Crippen LogP) is -16.5. The normalized spacial score (nSPS) is 46.0. The fraction of sp³-hybridized carbons (Fsp3) is 0.906. The lowest BCUT2D eigenvalue weighted by Gasteiger charge is -2.51. The van der Waals surface area contributed by atoms with Crippen LogP contribution in [0.25, 0.3) is 0 Å². The molecule has 7 saturated heterocycles. The maximum Gasteiger partial charge on any atom is 0.364 e. The number of hydrogen-bond acceptors (Lipinski definition) is 38. The highest BCUT2D eigenvalue weighted by molar-refractivity contribution is 5.77. The highest BCUT2D eigenvalue weighted by Gasteiger charge is 2.62. The molecule has 0 radical (unpaired) electrons. The van der Waals surface area contributed by atoms with Crippen LogP contribution in [0.4, 0.5) is 0 Å². The number of aliphatic hydroxyl groups is 20. The molecule has 7 aliphatic rings. The molecule has 1 unspecified atom stereocenters. The average molecular weight is 1410 g/mol. The van der Waals surface area contributed by atoms with Crippen LogP contribution in [0.15, 0.2) is 0 Å². The molecule has 7 fully saturated rings. The topological polar surface area (TPSA) is 678 Å². The molecular formula is C53H88N4O39. The van der Waals surface area contributed by atoms with Gasteiger partial charge in [-0.3, -0.25) is 19.2 Å². The van der Waals surface area contributed by atoms with Crippen molar-refractivity contribution in [1.82, 2.24) is 21.3 Å². The van der Waals surface area contributed by atoms with Gasteiger partial charge in [0.15, 0.2) is 37.7 Å². The van der Waals surface area contributed by atoms with Crippen LogP contribution in [-0.4, -0.2) is 403 Å². The van der Waals surface area contributed by atoms with Gasteiger partial charge in [0.2, 0.25) is 23.6 Å². The minimum atomic E-state index is -3.24. The first-order valence-electron chi connectivity index (χ1n) is 30.2. The van der Waals surface area contributed by atoms with Crippen molar-refractivity contribution in [3.63, 3.8) is 0 Å².